The minimum Gasteiger partial charge on any atom is -0.465 e. The Morgan fingerprint density at radius 1 is 0.509 bits per heavy atom. The molecule has 0 aromatic heterocycles. The largest absolute Gasteiger partial charge is 0.465 e. The van der Waals surface area contributed by atoms with Gasteiger partial charge in [-0.1, -0.05) is 233 Å². The van der Waals surface area contributed by atoms with E-state index in [4.69, 9.17) is 4.74 Å². The van der Waals surface area contributed by atoms with Crippen molar-refractivity contribution < 1.29 is 19.4 Å². The van der Waals surface area contributed by atoms with E-state index in [-0.39, 0.29) is 17.6 Å². The molecule has 2 unspecified atom stereocenters. The smallest absolute Gasteiger partial charge is 0.407 e. The fraction of sp³-hybridized carbons (Fsp3) is 0.957. The molecule has 0 aliphatic carbocycles. The van der Waals surface area contributed by atoms with Crippen LogP contribution in [0.2, 0.25) is 0 Å². The van der Waals surface area contributed by atoms with Gasteiger partial charge < -0.3 is 20.5 Å². The molecule has 0 aromatic rings. The Labute approximate surface area is 331 Å². The van der Waals surface area contributed by atoms with E-state index in [9.17, 15) is 14.7 Å². The minimum atomic E-state index is -0.950. The van der Waals surface area contributed by atoms with E-state index in [0.717, 1.165) is 64.2 Å². The van der Waals surface area contributed by atoms with Gasteiger partial charge in [0.15, 0.2) is 0 Å². The van der Waals surface area contributed by atoms with Gasteiger partial charge in [0.05, 0.1) is 6.61 Å². The molecule has 0 radical (unpaired) electrons. The molecule has 0 aliphatic heterocycles. The summed E-state index contributed by atoms with van der Waals surface area (Å²) >= 11 is 0. The molecule has 0 saturated carbocycles. The zero-order valence-corrected chi connectivity index (χ0v) is 36.3. The predicted octanol–water partition coefficient (Wildman–Crippen LogP) is 15.8. The van der Waals surface area contributed by atoms with Crippen molar-refractivity contribution in [3.63, 3.8) is 0 Å². The van der Waals surface area contributed by atoms with Gasteiger partial charge in [0.2, 0.25) is 0 Å². The lowest BCUT2D eigenvalue weighted by Gasteiger charge is -2.36. The second-order valence-corrected chi connectivity index (χ2v) is 16.9. The summed E-state index contributed by atoms with van der Waals surface area (Å²) in [6.07, 6.45) is 45.6. The van der Waals surface area contributed by atoms with Gasteiger partial charge in [-0.15, -0.1) is 0 Å². The Morgan fingerprint density at radius 2 is 0.868 bits per heavy atom. The van der Waals surface area contributed by atoms with Crippen LogP contribution in [0.15, 0.2) is 0 Å². The van der Waals surface area contributed by atoms with Crippen molar-refractivity contribution in [2.24, 2.45) is 5.41 Å². The Kier molecular flexibility index (Phi) is 39.1. The molecular weight excluding hydrogens is 657 g/mol. The van der Waals surface area contributed by atoms with Crippen molar-refractivity contribution in [1.29, 1.82) is 0 Å². The van der Waals surface area contributed by atoms with Gasteiger partial charge in [-0.3, -0.25) is 0 Å². The highest BCUT2D eigenvalue weighted by atomic mass is 16.5. The van der Waals surface area contributed by atoms with Crippen LogP contribution >= 0.6 is 0 Å². The van der Waals surface area contributed by atoms with Crippen LogP contribution in [0.3, 0.4) is 0 Å². The first kappa shape index (κ1) is 51.5. The SMILES string of the molecule is CCCCCCCCCCCCCCCCCCNC(=O)OCC(CC)(CCCC)CC(CCCCCCCCCCCCCCCCC)NC(=O)O. The Balaban J connectivity index is 4.21. The van der Waals surface area contributed by atoms with Crippen LogP contribution < -0.4 is 10.6 Å². The van der Waals surface area contributed by atoms with Crippen LogP contribution in [0.1, 0.15) is 265 Å². The van der Waals surface area contributed by atoms with E-state index < -0.39 is 6.09 Å². The molecule has 6 heteroatoms. The summed E-state index contributed by atoms with van der Waals surface area (Å²) in [5, 5.41) is 15.5. The first-order chi connectivity index (χ1) is 25.9. The molecule has 6 nitrogen and oxygen atoms in total. The Bertz CT molecular complexity index is 778. The monoisotopic (exact) mass is 751 g/mol. The van der Waals surface area contributed by atoms with Crippen molar-refractivity contribution in [1.82, 2.24) is 10.6 Å². The molecule has 316 valence electrons. The van der Waals surface area contributed by atoms with E-state index in [1.807, 2.05) is 0 Å². The molecule has 0 fully saturated rings. The number of hydrogen-bond acceptors (Lipinski definition) is 3. The van der Waals surface area contributed by atoms with E-state index in [0.29, 0.717) is 13.2 Å². The lowest BCUT2D eigenvalue weighted by atomic mass is 9.75. The van der Waals surface area contributed by atoms with Crippen molar-refractivity contribution in [2.45, 2.75) is 271 Å². The molecule has 0 rings (SSSR count). The van der Waals surface area contributed by atoms with Crippen LogP contribution in [0, 0.1) is 5.41 Å². The first-order valence-electron chi connectivity index (χ1n) is 23.8. The summed E-state index contributed by atoms with van der Waals surface area (Å²) in [7, 11) is 0. The highest BCUT2D eigenvalue weighted by molar-refractivity contribution is 5.67. The topological polar surface area (TPSA) is 87.7 Å². The van der Waals surface area contributed by atoms with Crippen LogP contribution in [0.25, 0.3) is 0 Å². The normalized spacial score (nSPS) is 13.1. The van der Waals surface area contributed by atoms with Gasteiger partial charge in [-0.05, 0) is 32.1 Å². The van der Waals surface area contributed by atoms with Crippen molar-refractivity contribution in [3.05, 3.63) is 0 Å². The number of hydrogen-bond donors (Lipinski definition) is 3. The second-order valence-electron chi connectivity index (χ2n) is 16.9. The van der Waals surface area contributed by atoms with Gasteiger partial charge in [-0.25, -0.2) is 9.59 Å². The zero-order chi connectivity index (χ0) is 38.9. The summed E-state index contributed by atoms with van der Waals surface area (Å²) in [5.41, 5.74) is -0.204. The third kappa shape index (κ3) is 36.0. The van der Waals surface area contributed by atoms with Gasteiger partial charge >= 0.3 is 12.2 Å². The molecule has 0 bridgehead atoms. The summed E-state index contributed by atoms with van der Waals surface area (Å²) in [5.74, 6) is 0. The van der Waals surface area contributed by atoms with Crippen molar-refractivity contribution >= 4 is 12.2 Å². The van der Waals surface area contributed by atoms with Gasteiger partial charge in [0.1, 0.15) is 0 Å². The fourth-order valence-corrected chi connectivity index (χ4v) is 8.03. The number of unbranched alkanes of at least 4 members (excludes halogenated alkanes) is 30. The van der Waals surface area contributed by atoms with Crippen LogP contribution in [-0.2, 0) is 4.74 Å². The third-order valence-corrected chi connectivity index (χ3v) is 11.8. The second kappa shape index (κ2) is 40.2. The van der Waals surface area contributed by atoms with Gasteiger partial charge in [0, 0.05) is 18.0 Å². The number of alkyl carbamates (subject to hydrolysis) is 1. The number of amides is 2. The summed E-state index contributed by atoms with van der Waals surface area (Å²) in [4.78, 5) is 24.4. The molecule has 2 amide bonds. The Hall–Kier alpha value is -1.46. The molecular formula is C47H94N2O4. The van der Waals surface area contributed by atoms with Gasteiger partial charge in [0.25, 0.3) is 0 Å². The van der Waals surface area contributed by atoms with E-state index in [1.54, 1.807) is 0 Å². The zero-order valence-electron chi connectivity index (χ0n) is 36.3. The molecule has 3 N–H and O–H groups in total. The van der Waals surface area contributed by atoms with E-state index in [1.165, 1.54) is 173 Å². The molecule has 0 aromatic carbocycles. The van der Waals surface area contributed by atoms with Crippen molar-refractivity contribution in [3.8, 4) is 0 Å². The number of carboxylic acid groups (broad SMARTS) is 1. The van der Waals surface area contributed by atoms with E-state index in [2.05, 4.69) is 38.3 Å². The number of nitrogens with one attached hydrogen (secondary N) is 2. The molecule has 2 atom stereocenters. The van der Waals surface area contributed by atoms with Crippen LogP contribution in [0.5, 0.6) is 0 Å². The highest BCUT2D eigenvalue weighted by Gasteiger charge is 2.33. The third-order valence-electron chi connectivity index (χ3n) is 11.8. The Morgan fingerprint density at radius 3 is 1.23 bits per heavy atom. The van der Waals surface area contributed by atoms with Crippen LogP contribution in [0.4, 0.5) is 9.59 Å². The van der Waals surface area contributed by atoms with Gasteiger partial charge in [-0.2, -0.15) is 0 Å². The van der Waals surface area contributed by atoms with Crippen LogP contribution in [-0.4, -0.2) is 36.5 Å². The summed E-state index contributed by atoms with van der Waals surface area (Å²) in [6.45, 7) is 9.93. The summed E-state index contributed by atoms with van der Waals surface area (Å²) < 4.78 is 5.84. The van der Waals surface area contributed by atoms with Crippen molar-refractivity contribution in [2.75, 3.05) is 13.2 Å². The number of rotatable bonds is 42. The number of carbonyl (C=O) groups excluding carboxylic acids is 1. The molecule has 0 aliphatic rings. The maximum Gasteiger partial charge on any atom is 0.407 e. The minimum absolute atomic E-state index is 0.108. The predicted molar refractivity (Wildman–Crippen MR) is 230 cm³/mol. The molecule has 0 heterocycles. The quantitative estimate of drug-likeness (QED) is 0.0542. The number of carbonyl (C=O) groups is 2. The number of ether oxygens (including phenoxy) is 1. The molecule has 53 heavy (non-hydrogen) atoms. The fourth-order valence-electron chi connectivity index (χ4n) is 8.03. The average molecular weight is 751 g/mol. The maximum absolute atomic E-state index is 12.7. The first-order valence-corrected chi connectivity index (χ1v) is 23.8. The maximum atomic E-state index is 12.7. The molecule has 0 saturated heterocycles. The lowest BCUT2D eigenvalue weighted by Crippen LogP contribution is -2.41. The average Bonchev–Trinajstić information content (AvgIpc) is 3.15. The summed E-state index contributed by atoms with van der Waals surface area (Å²) in [6, 6.07) is -0.108. The molecule has 0 spiro atoms. The highest BCUT2D eigenvalue weighted by Crippen LogP contribution is 2.36. The standard InChI is InChI=1S/C47H94N2O4/c1-5-9-12-14-16-18-20-22-24-26-28-30-32-34-36-38-41-48-46(52)53-43-47(8-4,40-11-7-3)42-44(49-45(50)51)39-37-35-33-31-29-27-25-23-21-19-17-15-13-10-6-2/h44,49H,5-43H2,1-4H3,(H,48,52)(H,50,51). The van der Waals surface area contributed by atoms with E-state index >= 15 is 0 Å². The lowest BCUT2D eigenvalue weighted by molar-refractivity contribution is 0.0563.